The molecule has 0 spiro atoms. The largest absolute Gasteiger partial charge is 0.453 e. The lowest BCUT2D eigenvalue weighted by Gasteiger charge is -2.30. The summed E-state index contributed by atoms with van der Waals surface area (Å²) in [6, 6.07) is 29.0. The van der Waals surface area contributed by atoms with Crippen molar-refractivity contribution in [1.82, 2.24) is 35.1 Å². The molecule has 0 bridgehead atoms. The van der Waals surface area contributed by atoms with Gasteiger partial charge in [0.1, 0.15) is 23.7 Å². The molecule has 4 aromatic carbocycles. The molecule has 1 unspecified atom stereocenters. The molecule has 57 heavy (non-hydrogen) atoms. The Kier molecular flexibility index (Phi) is 10.6. The Morgan fingerprint density at radius 2 is 1.25 bits per heavy atom. The Morgan fingerprint density at radius 3 is 1.84 bits per heavy atom. The van der Waals surface area contributed by atoms with Crippen LogP contribution in [0.2, 0.25) is 0 Å². The Labute approximate surface area is 331 Å². The summed E-state index contributed by atoms with van der Waals surface area (Å²) in [6.07, 6.45) is 6.44. The average Bonchev–Trinajstić information content (AvgIpc) is 4.09. The van der Waals surface area contributed by atoms with Crippen LogP contribution in [0.4, 0.5) is 4.79 Å². The van der Waals surface area contributed by atoms with Crippen LogP contribution in [-0.2, 0) is 14.3 Å². The van der Waals surface area contributed by atoms with Gasteiger partial charge in [-0.15, -0.1) is 0 Å². The fourth-order valence-electron chi connectivity index (χ4n) is 8.23. The number of ether oxygens (including phenoxy) is 1. The lowest BCUT2D eigenvalue weighted by Crippen LogP contribution is -2.51. The SMILES string of the molecule is COC(=O)NC(C(=O)N1CCC[C@H]1c1ncc(-c2ccc3cc(-c4ccc(-c5cnc([C@@H]6CCCN6C(=O)[C@H](N)c6ccccc6)[nH]5)cc4)ccc3c2)[nH]1)C(C)C. The zero-order valence-corrected chi connectivity index (χ0v) is 32.4. The van der Waals surface area contributed by atoms with Gasteiger partial charge in [0.05, 0.1) is 43.0 Å². The molecule has 4 heterocycles. The summed E-state index contributed by atoms with van der Waals surface area (Å²) in [6.45, 7) is 5.08. The van der Waals surface area contributed by atoms with Crippen LogP contribution < -0.4 is 11.1 Å². The maximum Gasteiger partial charge on any atom is 0.407 e. The van der Waals surface area contributed by atoms with Crippen molar-refractivity contribution in [2.45, 2.75) is 63.7 Å². The summed E-state index contributed by atoms with van der Waals surface area (Å²) in [5.74, 6) is 1.20. The Bertz CT molecular complexity index is 2390. The molecular formula is C45H48N8O4. The zero-order chi connectivity index (χ0) is 39.6. The number of likely N-dealkylation sites (tertiary alicyclic amines) is 2. The van der Waals surface area contributed by atoms with Gasteiger partial charge in [-0.1, -0.05) is 92.7 Å². The van der Waals surface area contributed by atoms with Crippen molar-refractivity contribution in [1.29, 1.82) is 0 Å². The predicted octanol–water partition coefficient (Wildman–Crippen LogP) is 7.69. The molecule has 8 rings (SSSR count). The van der Waals surface area contributed by atoms with E-state index in [1.165, 1.54) is 7.11 Å². The van der Waals surface area contributed by atoms with E-state index in [-0.39, 0.29) is 29.8 Å². The highest BCUT2D eigenvalue weighted by Crippen LogP contribution is 2.36. The zero-order valence-electron chi connectivity index (χ0n) is 32.4. The number of aromatic nitrogens is 4. The molecule has 2 aliphatic heterocycles. The number of rotatable bonds is 10. The molecule has 2 aromatic heterocycles. The van der Waals surface area contributed by atoms with E-state index in [2.05, 4.69) is 75.9 Å². The summed E-state index contributed by atoms with van der Waals surface area (Å²) >= 11 is 0. The first-order chi connectivity index (χ1) is 27.7. The van der Waals surface area contributed by atoms with E-state index in [4.69, 9.17) is 20.4 Å². The summed E-state index contributed by atoms with van der Waals surface area (Å²) < 4.78 is 4.77. The fraction of sp³-hybridized carbons (Fsp3) is 0.311. The molecule has 6 aromatic rings. The maximum absolute atomic E-state index is 13.6. The van der Waals surface area contributed by atoms with Crippen molar-refractivity contribution < 1.29 is 19.1 Å². The number of carbonyl (C=O) groups is 3. The lowest BCUT2D eigenvalue weighted by molar-refractivity contribution is -0.135. The maximum atomic E-state index is 13.6. The first-order valence-corrected chi connectivity index (χ1v) is 19.7. The van der Waals surface area contributed by atoms with Gasteiger partial charge in [-0.05, 0) is 76.8 Å². The second kappa shape index (κ2) is 16.1. The number of nitrogens with zero attached hydrogens (tertiary/aromatic N) is 4. The highest BCUT2D eigenvalue weighted by atomic mass is 16.5. The van der Waals surface area contributed by atoms with E-state index < -0.39 is 18.2 Å². The molecule has 0 aliphatic carbocycles. The molecule has 12 heteroatoms. The van der Waals surface area contributed by atoms with E-state index in [1.54, 1.807) is 0 Å². The van der Waals surface area contributed by atoms with Gasteiger partial charge >= 0.3 is 6.09 Å². The molecule has 0 saturated carbocycles. The van der Waals surface area contributed by atoms with Crippen molar-refractivity contribution in [3.05, 3.63) is 121 Å². The van der Waals surface area contributed by atoms with Gasteiger partial charge in [0, 0.05) is 18.7 Å². The second-order valence-electron chi connectivity index (χ2n) is 15.3. The second-order valence-corrected chi connectivity index (χ2v) is 15.3. The van der Waals surface area contributed by atoms with Gasteiger partial charge in [0.15, 0.2) is 0 Å². The number of fused-ring (bicyclic) bond motifs is 1. The Balaban J connectivity index is 0.940. The van der Waals surface area contributed by atoms with Crippen LogP contribution in [-0.4, -0.2) is 73.9 Å². The number of imidazole rings is 2. The number of hydrogen-bond donors (Lipinski definition) is 4. The van der Waals surface area contributed by atoms with Crippen molar-refractivity contribution in [2.24, 2.45) is 11.7 Å². The van der Waals surface area contributed by atoms with Crippen LogP contribution in [0.1, 0.15) is 74.9 Å². The van der Waals surface area contributed by atoms with Gasteiger partial charge < -0.3 is 35.6 Å². The molecular weight excluding hydrogens is 717 g/mol. The van der Waals surface area contributed by atoms with Crippen molar-refractivity contribution >= 4 is 28.7 Å². The third-order valence-corrected chi connectivity index (χ3v) is 11.4. The van der Waals surface area contributed by atoms with E-state index >= 15 is 0 Å². The van der Waals surface area contributed by atoms with Gasteiger partial charge in [-0.3, -0.25) is 9.59 Å². The quantitative estimate of drug-likeness (QED) is 0.111. The molecule has 3 amide bonds. The molecule has 2 saturated heterocycles. The van der Waals surface area contributed by atoms with Crippen molar-refractivity contribution in [2.75, 3.05) is 20.2 Å². The van der Waals surface area contributed by atoms with Crippen molar-refractivity contribution in [3.63, 3.8) is 0 Å². The normalized spacial score (nSPS) is 17.9. The van der Waals surface area contributed by atoms with Gasteiger partial charge in [-0.25, -0.2) is 14.8 Å². The van der Waals surface area contributed by atoms with Crippen LogP contribution in [0.5, 0.6) is 0 Å². The van der Waals surface area contributed by atoms with Crippen LogP contribution in [0.3, 0.4) is 0 Å². The third-order valence-electron chi connectivity index (χ3n) is 11.4. The van der Waals surface area contributed by atoms with Crippen molar-refractivity contribution in [3.8, 4) is 33.6 Å². The standard InChI is InChI=1S/C45H48N8O4/c1-27(2)40(51-45(56)57-3)44(55)53-22-8-12-38(53)42-48-26-36(50-42)34-20-19-32-23-31(17-18-33(32)24-34)28-13-15-29(16-14-28)35-25-47-41(49-35)37-11-7-21-52(37)43(54)39(46)30-9-5-4-6-10-30/h4-6,9-10,13-20,23-27,37-40H,7-8,11-12,21-22,46H2,1-3H3,(H,47,49)(H,48,50)(H,51,56)/t37-,38-,39+,40?/m0/s1. The van der Waals surface area contributed by atoms with Gasteiger partial charge in [-0.2, -0.15) is 0 Å². The minimum absolute atomic E-state index is 0.0816. The first kappa shape index (κ1) is 37.6. The summed E-state index contributed by atoms with van der Waals surface area (Å²) in [4.78, 5) is 59.0. The summed E-state index contributed by atoms with van der Waals surface area (Å²) in [7, 11) is 1.30. The number of methoxy groups -OCH3 is 1. The highest BCUT2D eigenvalue weighted by Gasteiger charge is 2.38. The number of nitrogens with one attached hydrogen (secondary N) is 3. The van der Waals surface area contributed by atoms with Crippen LogP contribution >= 0.6 is 0 Å². The predicted molar refractivity (Wildman–Crippen MR) is 219 cm³/mol. The molecule has 2 fully saturated rings. The average molecular weight is 765 g/mol. The Hall–Kier alpha value is -6.27. The first-order valence-electron chi connectivity index (χ1n) is 19.7. The van der Waals surface area contributed by atoms with Gasteiger partial charge in [0.2, 0.25) is 11.8 Å². The number of aromatic amines is 2. The topological polar surface area (TPSA) is 162 Å². The summed E-state index contributed by atoms with van der Waals surface area (Å²) in [5, 5.41) is 4.92. The minimum Gasteiger partial charge on any atom is -0.453 e. The van der Waals surface area contributed by atoms with E-state index in [0.29, 0.717) is 13.1 Å². The van der Waals surface area contributed by atoms with Crippen LogP contribution in [0.15, 0.2) is 103 Å². The highest BCUT2D eigenvalue weighted by molar-refractivity contribution is 5.91. The number of alkyl carbamates (subject to hydrolysis) is 1. The number of carbonyl (C=O) groups excluding carboxylic acids is 3. The van der Waals surface area contributed by atoms with Crippen LogP contribution in [0, 0.1) is 5.92 Å². The van der Waals surface area contributed by atoms with E-state index in [9.17, 15) is 14.4 Å². The van der Waals surface area contributed by atoms with Crippen LogP contribution in [0.25, 0.3) is 44.4 Å². The molecule has 2 aliphatic rings. The molecule has 292 valence electrons. The number of benzene rings is 4. The molecule has 0 radical (unpaired) electrons. The number of hydrogen-bond acceptors (Lipinski definition) is 7. The summed E-state index contributed by atoms with van der Waals surface area (Å²) in [5.41, 5.74) is 13.2. The fourth-order valence-corrected chi connectivity index (χ4v) is 8.23. The van der Waals surface area contributed by atoms with E-state index in [0.717, 1.165) is 87.3 Å². The smallest absolute Gasteiger partial charge is 0.407 e. The Morgan fingerprint density at radius 1 is 0.719 bits per heavy atom. The molecule has 5 N–H and O–H groups in total. The molecule has 4 atom stereocenters. The lowest BCUT2D eigenvalue weighted by atomic mass is 9.98. The number of nitrogens with two attached hydrogens (primary N) is 1. The number of amides is 3. The van der Waals surface area contributed by atoms with Gasteiger partial charge in [0.25, 0.3) is 0 Å². The minimum atomic E-state index is -0.702. The number of H-pyrrole nitrogens is 2. The monoisotopic (exact) mass is 764 g/mol. The third kappa shape index (κ3) is 7.65. The molecule has 12 nitrogen and oxygen atoms in total. The van der Waals surface area contributed by atoms with E-state index in [1.807, 2.05) is 66.4 Å².